The minimum absolute atomic E-state index is 0.515. The Morgan fingerprint density at radius 2 is 1.84 bits per heavy atom. The molecule has 3 rings (SSSR count). The Labute approximate surface area is 118 Å². The molecule has 4 heteroatoms. The summed E-state index contributed by atoms with van der Waals surface area (Å²) >= 11 is -2.16. The summed E-state index contributed by atoms with van der Waals surface area (Å²) in [6.45, 7) is 1.74. The molecule has 1 fully saturated rings. The van der Waals surface area contributed by atoms with Crippen molar-refractivity contribution in [2.24, 2.45) is 0 Å². The number of fused-ring (bicyclic) bond motifs is 1. The Hall–Kier alpha value is -0.551. The van der Waals surface area contributed by atoms with E-state index in [1.54, 1.807) is 0 Å². The van der Waals surface area contributed by atoms with Gasteiger partial charge in [-0.1, -0.05) is 0 Å². The fraction of sp³-hybridized carbons (Fsp3) is 0.533. The van der Waals surface area contributed by atoms with Gasteiger partial charge >= 0.3 is 119 Å². The molecule has 1 aliphatic rings. The van der Waals surface area contributed by atoms with Crippen LogP contribution in [0, 0.1) is 0 Å². The van der Waals surface area contributed by atoms with E-state index in [9.17, 15) is 0 Å². The van der Waals surface area contributed by atoms with Crippen LogP contribution in [0.5, 0.6) is 0 Å². The van der Waals surface area contributed by atoms with Crippen LogP contribution in [0.2, 0.25) is 14.8 Å². The van der Waals surface area contributed by atoms with Crippen LogP contribution < -0.4 is 3.71 Å². The number of hydrogen-bond donors (Lipinski definition) is 0. The Balaban J connectivity index is 2.14. The molecule has 19 heavy (non-hydrogen) atoms. The first-order valence-corrected chi connectivity index (χ1v) is 17.1. The van der Waals surface area contributed by atoms with Gasteiger partial charge in [-0.15, -0.1) is 0 Å². The SMILES string of the molecule is [CH3][Sn]([CH3])([CH3])[c]1nn(C2CCOCC2)c2ccccc12. The Kier molecular flexibility index (Phi) is 3.60. The van der Waals surface area contributed by atoms with Gasteiger partial charge in [0.25, 0.3) is 0 Å². The maximum atomic E-state index is 5.48. The molecule has 1 aromatic heterocycles. The van der Waals surface area contributed by atoms with Crippen LogP contribution in [-0.4, -0.2) is 41.4 Å². The molecule has 1 aromatic carbocycles. The predicted octanol–water partition coefficient (Wildman–Crippen LogP) is 2.93. The van der Waals surface area contributed by atoms with Gasteiger partial charge in [-0.25, -0.2) is 0 Å². The Morgan fingerprint density at radius 3 is 2.53 bits per heavy atom. The monoisotopic (exact) mass is 366 g/mol. The molecule has 102 valence electrons. The summed E-state index contributed by atoms with van der Waals surface area (Å²) in [5.74, 6) is 0. The van der Waals surface area contributed by atoms with Crippen molar-refractivity contribution in [2.75, 3.05) is 13.2 Å². The van der Waals surface area contributed by atoms with Gasteiger partial charge in [0.15, 0.2) is 0 Å². The predicted molar refractivity (Wildman–Crippen MR) is 81.8 cm³/mol. The van der Waals surface area contributed by atoms with Crippen molar-refractivity contribution in [2.45, 2.75) is 33.7 Å². The number of ether oxygens (including phenoxy) is 1. The van der Waals surface area contributed by atoms with Crippen molar-refractivity contribution in [3.05, 3.63) is 24.3 Å². The first kappa shape index (κ1) is 13.4. The third-order valence-corrected chi connectivity index (χ3v) is 8.97. The van der Waals surface area contributed by atoms with Gasteiger partial charge in [-0.2, -0.15) is 0 Å². The van der Waals surface area contributed by atoms with Crippen molar-refractivity contribution in [3.63, 3.8) is 0 Å². The van der Waals surface area contributed by atoms with Crippen LogP contribution in [0.15, 0.2) is 24.3 Å². The van der Waals surface area contributed by atoms with Crippen molar-refractivity contribution in [1.29, 1.82) is 0 Å². The van der Waals surface area contributed by atoms with Crippen molar-refractivity contribution < 1.29 is 4.74 Å². The summed E-state index contributed by atoms with van der Waals surface area (Å²) in [6, 6.07) is 9.25. The normalized spacial score (nSPS) is 18.1. The summed E-state index contributed by atoms with van der Waals surface area (Å²) in [5.41, 5.74) is 1.32. The molecule has 1 saturated heterocycles. The van der Waals surface area contributed by atoms with E-state index >= 15 is 0 Å². The van der Waals surface area contributed by atoms with E-state index in [4.69, 9.17) is 9.84 Å². The van der Waals surface area contributed by atoms with E-state index in [0.29, 0.717) is 6.04 Å². The quantitative estimate of drug-likeness (QED) is 0.766. The molecule has 0 spiro atoms. The zero-order valence-corrected chi connectivity index (χ0v) is 14.9. The summed E-state index contributed by atoms with van der Waals surface area (Å²) < 4.78 is 9.18. The molecule has 0 radical (unpaired) electrons. The number of nitrogens with zero attached hydrogens (tertiary/aromatic N) is 2. The molecule has 0 atom stereocenters. The molecule has 2 heterocycles. The summed E-state index contributed by atoms with van der Waals surface area (Å²) in [5, 5.41) is 6.43. The summed E-state index contributed by atoms with van der Waals surface area (Å²) in [6.07, 6.45) is 2.18. The van der Waals surface area contributed by atoms with Crippen LogP contribution in [0.1, 0.15) is 18.9 Å². The third-order valence-electron chi connectivity index (χ3n) is 3.86. The first-order chi connectivity index (χ1) is 9.07. The van der Waals surface area contributed by atoms with Gasteiger partial charge in [0.2, 0.25) is 0 Å². The minimum atomic E-state index is -2.16. The standard InChI is InChI=1S/C12H13N2O.3CH3.Sn/c1-2-4-12-10(3-1)9-13-14(12)11-5-7-15-8-6-11;;;;/h1-4,11H,5-8H2;3*1H3;. The average Bonchev–Trinajstić information content (AvgIpc) is 2.79. The van der Waals surface area contributed by atoms with E-state index in [0.717, 1.165) is 26.1 Å². The first-order valence-electron chi connectivity index (χ1n) is 7.13. The van der Waals surface area contributed by atoms with Gasteiger partial charge in [0.05, 0.1) is 0 Å². The van der Waals surface area contributed by atoms with E-state index < -0.39 is 18.4 Å². The van der Waals surface area contributed by atoms with Gasteiger partial charge < -0.3 is 0 Å². The van der Waals surface area contributed by atoms with Crippen molar-refractivity contribution in [3.8, 4) is 0 Å². The van der Waals surface area contributed by atoms with E-state index in [1.807, 2.05) is 0 Å². The molecule has 0 bridgehead atoms. The second-order valence-electron chi connectivity index (χ2n) is 6.40. The molecular weight excluding hydrogens is 343 g/mol. The molecule has 0 unspecified atom stereocenters. The zero-order valence-electron chi connectivity index (χ0n) is 12.0. The van der Waals surface area contributed by atoms with Crippen LogP contribution in [0.3, 0.4) is 0 Å². The topological polar surface area (TPSA) is 27.1 Å². The Morgan fingerprint density at radius 1 is 1.16 bits per heavy atom. The number of aromatic nitrogens is 2. The molecular formula is C15H22N2OSn. The number of benzene rings is 1. The van der Waals surface area contributed by atoms with Crippen molar-refractivity contribution in [1.82, 2.24) is 9.78 Å². The Bertz CT molecular complexity index is 579. The second-order valence-corrected chi connectivity index (χ2v) is 20.6. The fourth-order valence-electron chi connectivity index (χ4n) is 2.85. The van der Waals surface area contributed by atoms with Gasteiger partial charge in [0.1, 0.15) is 0 Å². The van der Waals surface area contributed by atoms with Gasteiger partial charge in [0, 0.05) is 0 Å². The molecule has 0 N–H and O–H groups in total. The maximum absolute atomic E-state index is 5.48. The van der Waals surface area contributed by atoms with Crippen LogP contribution in [0.4, 0.5) is 0 Å². The number of para-hydroxylation sites is 1. The molecule has 0 saturated carbocycles. The summed E-state index contributed by atoms with van der Waals surface area (Å²) in [4.78, 5) is 7.33. The molecule has 0 amide bonds. The van der Waals surface area contributed by atoms with E-state index in [-0.39, 0.29) is 0 Å². The second kappa shape index (κ2) is 5.09. The molecule has 3 nitrogen and oxygen atoms in total. The zero-order chi connectivity index (χ0) is 13.5. The van der Waals surface area contributed by atoms with Crippen LogP contribution in [-0.2, 0) is 4.74 Å². The average molecular weight is 365 g/mol. The molecule has 2 aromatic rings. The fourth-order valence-corrected chi connectivity index (χ4v) is 6.92. The van der Waals surface area contributed by atoms with Crippen LogP contribution >= 0.6 is 0 Å². The number of rotatable bonds is 2. The van der Waals surface area contributed by atoms with E-state index in [1.165, 1.54) is 14.6 Å². The van der Waals surface area contributed by atoms with Crippen molar-refractivity contribution >= 4 is 33.0 Å². The van der Waals surface area contributed by atoms with E-state index in [2.05, 4.69) is 43.8 Å². The molecule has 0 aliphatic carbocycles. The summed E-state index contributed by atoms with van der Waals surface area (Å²) in [7, 11) is 0. The van der Waals surface area contributed by atoms with Gasteiger partial charge in [-0.3, -0.25) is 0 Å². The molecule has 1 aliphatic heterocycles. The van der Waals surface area contributed by atoms with Gasteiger partial charge in [-0.05, 0) is 0 Å². The number of hydrogen-bond acceptors (Lipinski definition) is 2. The van der Waals surface area contributed by atoms with Crippen LogP contribution in [0.25, 0.3) is 10.9 Å². The third kappa shape index (κ3) is 2.55.